The molecule has 0 spiro atoms. The minimum absolute atomic E-state index is 0.184. The van der Waals surface area contributed by atoms with Gasteiger partial charge in [0.2, 0.25) is 5.95 Å². The number of benzene rings is 2. The third kappa shape index (κ3) is 5.50. The Balaban J connectivity index is 1.60. The van der Waals surface area contributed by atoms with Crippen LogP contribution in [0.2, 0.25) is 5.02 Å². The molecule has 2 aromatic carbocycles. The molecule has 3 N–H and O–H groups in total. The number of ether oxygens (including phenoxy) is 1. The summed E-state index contributed by atoms with van der Waals surface area (Å²) >= 11 is 6.36. The van der Waals surface area contributed by atoms with E-state index in [1.807, 2.05) is 18.2 Å². The molecule has 1 aliphatic heterocycles. The van der Waals surface area contributed by atoms with Crippen LogP contribution in [0.25, 0.3) is 0 Å². The maximum atomic E-state index is 12.8. The number of aromatic nitrogens is 2. The van der Waals surface area contributed by atoms with E-state index in [0.717, 1.165) is 25.3 Å². The van der Waals surface area contributed by atoms with Crippen LogP contribution in [0.5, 0.6) is 5.75 Å². The van der Waals surface area contributed by atoms with Gasteiger partial charge in [0.1, 0.15) is 10.8 Å². The van der Waals surface area contributed by atoms with E-state index < -0.39 is 15.1 Å². The van der Waals surface area contributed by atoms with Crippen molar-refractivity contribution in [1.82, 2.24) is 15.3 Å². The fourth-order valence-corrected chi connectivity index (χ4v) is 5.36. The van der Waals surface area contributed by atoms with Crippen molar-refractivity contribution in [2.75, 3.05) is 42.3 Å². The lowest BCUT2D eigenvalue weighted by molar-refractivity contribution is 0.416. The quantitative estimate of drug-likeness (QED) is 0.384. The van der Waals surface area contributed by atoms with Crippen molar-refractivity contribution < 1.29 is 13.2 Å². The maximum Gasteiger partial charge on any atom is 0.229 e. The highest BCUT2D eigenvalue weighted by Gasteiger charge is 2.23. The Morgan fingerprint density at radius 1 is 1.17 bits per heavy atom. The summed E-state index contributed by atoms with van der Waals surface area (Å²) in [5.74, 6) is 1.22. The summed E-state index contributed by atoms with van der Waals surface area (Å²) in [6.07, 6.45) is 1.46. The number of sulfone groups is 1. The number of nitrogens with one attached hydrogen (secondary N) is 3. The van der Waals surface area contributed by atoms with Crippen LogP contribution in [0.3, 0.4) is 0 Å². The summed E-state index contributed by atoms with van der Waals surface area (Å²) in [6, 6.07) is 13.0. The molecule has 4 rings (SSSR count). The molecule has 1 aliphatic rings. The lowest BCUT2D eigenvalue weighted by Gasteiger charge is -2.36. The monoisotopic (exact) mass is 530 g/mol. The average Bonchev–Trinajstić information content (AvgIpc) is 2.87. The summed E-state index contributed by atoms with van der Waals surface area (Å²) in [7, 11) is -1.90. The van der Waals surface area contributed by atoms with E-state index in [9.17, 15) is 8.42 Å². The second-order valence-electron chi connectivity index (χ2n) is 8.86. The number of methoxy groups -OCH3 is 1. The highest BCUT2D eigenvalue weighted by molar-refractivity contribution is 7.92. The number of hydrogen-bond donors (Lipinski definition) is 3. The summed E-state index contributed by atoms with van der Waals surface area (Å²) in [4.78, 5) is 11.3. The number of para-hydroxylation sites is 1. The van der Waals surface area contributed by atoms with Gasteiger partial charge in [-0.25, -0.2) is 13.4 Å². The van der Waals surface area contributed by atoms with E-state index in [1.54, 1.807) is 45.2 Å². The van der Waals surface area contributed by atoms with Crippen molar-refractivity contribution in [1.29, 1.82) is 0 Å². The van der Waals surface area contributed by atoms with Gasteiger partial charge in [-0.1, -0.05) is 23.7 Å². The van der Waals surface area contributed by atoms with E-state index >= 15 is 0 Å². The Morgan fingerprint density at radius 2 is 1.94 bits per heavy atom. The molecule has 192 valence electrons. The number of halogens is 1. The van der Waals surface area contributed by atoms with Gasteiger partial charge in [-0.3, -0.25) is 0 Å². The Bertz CT molecular complexity index is 1340. The lowest BCUT2D eigenvalue weighted by atomic mass is 10.1. The first-order valence-electron chi connectivity index (χ1n) is 11.8. The van der Waals surface area contributed by atoms with Crippen LogP contribution in [-0.4, -0.2) is 56.4 Å². The van der Waals surface area contributed by atoms with E-state index in [-0.39, 0.29) is 21.7 Å². The van der Waals surface area contributed by atoms with Gasteiger partial charge in [-0.2, -0.15) is 4.98 Å². The van der Waals surface area contributed by atoms with Crippen LogP contribution in [0, 0.1) is 0 Å². The molecular formula is C25H31ClN6O3S. The van der Waals surface area contributed by atoms with Gasteiger partial charge in [0.15, 0.2) is 15.7 Å². The molecule has 3 aromatic rings. The molecule has 1 aromatic heterocycles. The molecule has 0 unspecified atom stereocenters. The van der Waals surface area contributed by atoms with Crippen molar-refractivity contribution >= 4 is 50.3 Å². The second-order valence-corrected chi connectivity index (χ2v) is 11.7. The predicted molar refractivity (Wildman–Crippen MR) is 145 cm³/mol. The molecule has 0 saturated carbocycles. The van der Waals surface area contributed by atoms with Crippen LogP contribution in [0.4, 0.5) is 28.8 Å². The van der Waals surface area contributed by atoms with Gasteiger partial charge in [0.25, 0.3) is 0 Å². The van der Waals surface area contributed by atoms with Crippen molar-refractivity contribution in [3.05, 3.63) is 53.7 Å². The molecule has 1 fully saturated rings. The van der Waals surface area contributed by atoms with Crippen LogP contribution in [0.15, 0.2) is 53.6 Å². The topological polar surface area (TPSA) is 108 Å². The molecule has 0 amide bonds. The van der Waals surface area contributed by atoms with Crippen molar-refractivity contribution in [3.8, 4) is 5.75 Å². The van der Waals surface area contributed by atoms with Gasteiger partial charge in [-0.05, 0) is 45.0 Å². The molecule has 11 heteroatoms. The van der Waals surface area contributed by atoms with Gasteiger partial charge in [-0.15, -0.1) is 0 Å². The molecule has 0 aliphatic carbocycles. The summed E-state index contributed by atoms with van der Waals surface area (Å²) < 4.78 is 31.3. The van der Waals surface area contributed by atoms with Crippen molar-refractivity contribution in [2.45, 2.75) is 37.0 Å². The lowest BCUT2D eigenvalue weighted by Crippen LogP contribution is -2.49. The SMILES string of the molecule is COc1cc(N2CCNC[C@H]2C)ccc1Nc1ncc(Cl)c(Nc2ccccc2S(=O)(=O)C(C)C)n1. The van der Waals surface area contributed by atoms with Crippen molar-refractivity contribution in [2.24, 2.45) is 0 Å². The zero-order valence-electron chi connectivity index (χ0n) is 20.7. The molecule has 0 bridgehead atoms. The zero-order valence-corrected chi connectivity index (χ0v) is 22.3. The van der Waals surface area contributed by atoms with Crippen LogP contribution < -0.4 is 25.6 Å². The maximum absolute atomic E-state index is 12.8. The largest absolute Gasteiger partial charge is 0.494 e. The van der Waals surface area contributed by atoms with E-state index in [0.29, 0.717) is 23.2 Å². The van der Waals surface area contributed by atoms with E-state index in [4.69, 9.17) is 16.3 Å². The minimum atomic E-state index is -3.51. The molecule has 0 radical (unpaired) electrons. The Morgan fingerprint density at radius 3 is 2.67 bits per heavy atom. The fourth-order valence-electron chi connectivity index (χ4n) is 4.02. The van der Waals surface area contributed by atoms with Gasteiger partial charge in [0, 0.05) is 37.4 Å². The van der Waals surface area contributed by atoms with E-state index in [1.165, 1.54) is 6.20 Å². The highest BCUT2D eigenvalue weighted by Crippen LogP contribution is 2.34. The first-order chi connectivity index (χ1) is 17.2. The Kier molecular flexibility index (Phi) is 7.87. The van der Waals surface area contributed by atoms with E-state index in [2.05, 4.69) is 37.7 Å². The number of nitrogens with zero attached hydrogens (tertiary/aromatic N) is 3. The highest BCUT2D eigenvalue weighted by atomic mass is 35.5. The van der Waals surface area contributed by atoms with Crippen LogP contribution in [-0.2, 0) is 9.84 Å². The zero-order chi connectivity index (χ0) is 25.9. The number of hydrogen-bond acceptors (Lipinski definition) is 9. The first-order valence-corrected chi connectivity index (χ1v) is 13.7. The van der Waals surface area contributed by atoms with Gasteiger partial charge in [0.05, 0.1) is 34.8 Å². The number of anilines is 5. The van der Waals surface area contributed by atoms with Crippen molar-refractivity contribution in [3.63, 3.8) is 0 Å². The third-order valence-electron chi connectivity index (χ3n) is 6.08. The number of rotatable bonds is 8. The molecule has 1 atom stereocenters. The van der Waals surface area contributed by atoms with Gasteiger partial charge >= 0.3 is 0 Å². The van der Waals surface area contributed by atoms with Crippen LogP contribution >= 0.6 is 11.6 Å². The predicted octanol–water partition coefficient (Wildman–Crippen LogP) is 4.61. The normalized spacial score (nSPS) is 16.2. The summed E-state index contributed by atoms with van der Waals surface area (Å²) in [6.45, 7) is 8.26. The molecular weight excluding hydrogens is 500 g/mol. The fraction of sp³-hybridized carbons (Fsp3) is 0.360. The second kappa shape index (κ2) is 10.9. The molecule has 9 nitrogen and oxygen atoms in total. The smallest absolute Gasteiger partial charge is 0.229 e. The molecule has 36 heavy (non-hydrogen) atoms. The summed E-state index contributed by atoms with van der Waals surface area (Å²) in [5.41, 5.74) is 2.17. The standard InChI is InChI=1S/C25H31ClN6O3S/c1-16(2)36(33,34)23-8-6-5-7-21(23)29-24-19(26)15-28-25(31-24)30-20-10-9-18(13-22(20)35-4)32-12-11-27-14-17(32)3/h5-10,13,15-17,27H,11-12,14H2,1-4H3,(H2,28,29,30,31)/t17-/m1/s1. The Hall–Kier alpha value is -3.08. The average molecular weight is 531 g/mol. The first kappa shape index (κ1) is 26.0. The Labute approximate surface area is 217 Å². The van der Waals surface area contributed by atoms with Crippen LogP contribution in [0.1, 0.15) is 20.8 Å². The van der Waals surface area contributed by atoms with Gasteiger partial charge < -0.3 is 25.6 Å². The number of piperazine rings is 1. The third-order valence-corrected chi connectivity index (χ3v) is 8.56. The summed E-state index contributed by atoms with van der Waals surface area (Å²) in [5, 5.41) is 9.34. The molecule has 1 saturated heterocycles. The molecule has 2 heterocycles. The minimum Gasteiger partial charge on any atom is -0.494 e.